The number of aromatic hydroxyl groups is 1. The minimum Gasteiger partial charge on any atom is -0.508 e. The van der Waals surface area contributed by atoms with Crippen molar-refractivity contribution in [1.82, 2.24) is 9.80 Å². The minimum absolute atomic E-state index is 0.00169. The number of nitrogens with two attached hydrogens (primary N) is 1. The number of esters is 1. The molecular weight excluding hydrogens is 350 g/mol. The van der Waals surface area contributed by atoms with Gasteiger partial charge in [0.15, 0.2) is 0 Å². The number of phenolic OH excluding ortho intramolecular Hbond substituents is 1. The number of amides is 1. The van der Waals surface area contributed by atoms with Crippen LogP contribution in [0.4, 0.5) is 10.5 Å². The van der Waals surface area contributed by atoms with Gasteiger partial charge in [-0.25, -0.2) is 9.59 Å². The first-order valence-corrected chi connectivity index (χ1v) is 9.09. The van der Waals surface area contributed by atoms with Gasteiger partial charge in [0.05, 0.1) is 12.2 Å². The molecule has 0 atom stereocenters. The second kappa shape index (κ2) is 8.47. The molecule has 0 spiro atoms. The molecular formula is C19H29N3O5. The molecule has 0 saturated carbocycles. The average Bonchev–Trinajstić information content (AvgIpc) is 2.57. The Morgan fingerprint density at radius 3 is 2.37 bits per heavy atom. The lowest BCUT2D eigenvalue weighted by Gasteiger charge is -2.35. The van der Waals surface area contributed by atoms with Crippen molar-refractivity contribution in [2.24, 2.45) is 0 Å². The number of anilines is 1. The summed E-state index contributed by atoms with van der Waals surface area (Å²) in [7, 11) is 0. The van der Waals surface area contributed by atoms with E-state index >= 15 is 0 Å². The topological polar surface area (TPSA) is 105 Å². The number of carbonyl (C=O) groups is 2. The third-order valence-electron chi connectivity index (χ3n) is 4.16. The SMILES string of the molecule is CCOC(=O)c1cc(O)c(CN2CCN(C(=O)OC(C)(C)C)CC2)cc1N. The highest BCUT2D eigenvalue weighted by Gasteiger charge is 2.26. The van der Waals surface area contributed by atoms with Crippen molar-refractivity contribution in [1.29, 1.82) is 0 Å². The molecule has 0 unspecified atom stereocenters. The van der Waals surface area contributed by atoms with E-state index in [9.17, 15) is 14.7 Å². The van der Waals surface area contributed by atoms with E-state index in [2.05, 4.69) is 4.90 Å². The lowest BCUT2D eigenvalue weighted by Crippen LogP contribution is -2.49. The molecule has 27 heavy (non-hydrogen) atoms. The Hall–Kier alpha value is -2.48. The van der Waals surface area contributed by atoms with Crippen molar-refractivity contribution in [3.63, 3.8) is 0 Å². The van der Waals surface area contributed by atoms with E-state index in [-0.39, 0.29) is 29.7 Å². The summed E-state index contributed by atoms with van der Waals surface area (Å²) in [5, 5.41) is 10.3. The molecule has 2 rings (SSSR count). The highest BCUT2D eigenvalue weighted by molar-refractivity contribution is 5.95. The van der Waals surface area contributed by atoms with Crippen molar-refractivity contribution in [2.75, 3.05) is 38.5 Å². The Morgan fingerprint density at radius 2 is 1.81 bits per heavy atom. The van der Waals surface area contributed by atoms with Gasteiger partial charge in [0.25, 0.3) is 0 Å². The fourth-order valence-electron chi connectivity index (χ4n) is 2.82. The molecule has 0 radical (unpaired) electrons. The second-order valence-electron chi connectivity index (χ2n) is 7.53. The molecule has 3 N–H and O–H groups in total. The largest absolute Gasteiger partial charge is 0.508 e. The Kier molecular flexibility index (Phi) is 6.54. The Morgan fingerprint density at radius 1 is 1.19 bits per heavy atom. The van der Waals surface area contributed by atoms with Gasteiger partial charge in [0.2, 0.25) is 0 Å². The smallest absolute Gasteiger partial charge is 0.410 e. The predicted octanol–water partition coefficient (Wildman–Crippen LogP) is 2.20. The molecule has 1 saturated heterocycles. The third-order valence-corrected chi connectivity index (χ3v) is 4.16. The van der Waals surface area contributed by atoms with Crippen LogP contribution < -0.4 is 5.73 Å². The zero-order valence-electron chi connectivity index (χ0n) is 16.4. The van der Waals surface area contributed by atoms with E-state index < -0.39 is 11.6 Å². The molecule has 8 nitrogen and oxygen atoms in total. The fourth-order valence-corrected chi connectivity index (χ4v) is 2.82. The fraction of sp³-hybridized carbons (Fsp3) is 0.579. The van der Waals surface area contributed by atoms with E-state index in [1.54, 1.807) is 17.9 Å². The highest BCUT2D eigenvalue weighted by atomic mass is 16.6. The van der Waals surface area contributed by atoms with Crippen LogP contribution in [0.5, 0.6) is 5.75 Å². The van der Waals surface area contributed by atoms with E-state index in [0.29, 0.717) is 38.3 Å². The zero-order valence-corrected chi connectivity index (χ0v) is 16.4. The molecule has 1 fully saturated rings. The molecule has 1 amide bonds. The van der Waals surface area contributed by atoms with E-state index in [4.69, 9.17) is 15.2 Å². The Bertz CT molecular complexity index is 691. The maximum Gasteiger partial charge on any atom is 0.410 e. The number of nitrogens with zero attached hydrogens (tertiary/aromatic N) is 2. The first-order valence-electron chi connectivity index (χ1n) is 9.09. The average molecular weight is 379 g/mol. The monoisotopic (exact) mass is 379 g/mol. The molecule has 1 aliphatic rings. The van der Waals surface area contributed by atoms with Crippen LogP contribution >= 0.6 is 0 Å². The second-order valence-corrected chi connectivity index (χ2v) is 7.53. The normalized spacial score (nSPS) is 15.5. The van der Waals surface area contributed by atoms with Gasteiger partial charge in [-0.1, -0.05) is 0 Å². The van der Waals surface area contributed by atoms with Crippen molar-refractivity contribution < 1.29 is 24.2 Å². The van der Waals surface area contributed by atoms with Crippen molar-refractivity contribution in [3.8, 4) is 5.75 Å². The third kappa shape index (κ3) is 5.75. The van der Waals surface area contributed by atoms with E-state index in [1.807, 2.05) is 20.8 Å². The summed E-state index contributed by atoms with van der Waals surface area (Å²) in [4.78, 5) is 27.8. The summed E-state index contributed by atoms with van der Waals surface area (Å²) < 4.78 is 10.3. The van der Waals surface area contributed by atoms with Crippen molar-refractivity contribution in [2.45, 2.75) is 39.8 Å². The van der Waals surface area contributed by atoms with Crippen LogP contribution in [0.15, 0.2) is 12.1 Å². The van der Waals surface area contributed by atoms with Crippen LogP contribution in [0.2, 0.25) is 0 Å². The summed E-state index contributed by atoms with van der Waals surface area (Å²) in [6.45, 7) is 10.3. The van der Waals surface area contributed by atoms with Gasteiger partial charge in [0, 0.05) is 44.0 Å². The summed E-state index contributed by atoms with van der Waals surface area (Å²) in [6, 6.07) is 2.95. The number of piperazine rings is 1. The van der Waals surface area contributed by atoms with Gasteiger partial charge in [-0.05, 0) is 39.8 Å². The van der Waals surface area contributed by atoms with Gasteiger partial charge in [-0.15, -0.1) is 0 Å². The molecule has 150 valence electrons. The number of hydrogen-bond acceptors (Lipinski definition) is 7. The minimum atomic E-state index is -0.553. The molecule has 8 heteroatoms. The Labute approximate surface area is 159 Å². The van der Waals surface area contributed by atoms with Crippen molar-refractivity contribution >= 4 is 17.7 Å². The van der Waals surface area contributed by atoms with E-state index in [0.717, 1.165) is 0 Å². The Balaban J connectivity index is 1.96. The number of carbonyl (C=O) groups excluding carboxylic acids is 2. The molecule has 1 aliphatic heterocycles. The van der Waals surface area contributed by atoms with Crippen LogP contribution in [0.25, 0.3) is 0 Å². The van der Waals surface area contributed by atoms with Crippen molar-refractivity contribution in [3.05, 3.63) is 23.3 Å². The van der Waals surface area contributed by atoms with Crippen LogP contribution in [0.3, 0.4) is 0 Å². The quantitative estimate of drug-likeness (QED) is 0.469. The number of nitrogen functional groups attached to an aromatic ring is 1. The number of benzene rings is 1. The molecule has 0 bridgehead atoms. The standard InChI is InChI=1S/C19H29N3O5/c1-5-26-17(24)14-11-16(23)13(10-15(14)20)12-21-6-8-22(9-7-21)18(25)27-19(2,3)4/h10-11,23H,5-9,12,20H2,1-4H3. The summed E-state index contributed by atoms with van der Waals surface area (Å²) >= 11 is 0. The van der Waals surface area contributed by atoms with Crippen LogP contribution in [0, 0.1) is 0 Å². The van der Waals surface area contributed by atoms with Crippen LogP contribution in [0.1, 0.15) is 43.6 Å². The number of ether oxygens (including phenoxy) is 2. The maximum atomic E-state index is 12.1. The first kappa shape index (κ1) is 20.8. The predicted molar refractivity (Wildman–Crippen MR) is 102 cm³/mol. The number of rotatable bonds is 4. The first-order chi connectivity index (χ1) is 12.6. The molecule has 1 aromatic carbocycles. The number of phenols is 1. The molecule has 1 heterocycles. The van der Waals surface area contributed by atoms with Crippen LogP contribution in [-0.2, 0) is 16.0 Å². The van der Waals surface area contributed by atoms with Gasteiger partial charge >= 0.3 is 12.1 Å². The summed E-state index contributed by atoms with van der Waals surface area (Å²) in [5.41, 5.74) is 6.49. The molecule has 1 aromatic rings. The van der Waals surface area contributed by atoms with Gasteiger partial charge in [0.1, 0.15) is 11.4 Å². The van der Waals surface area contributed by atoms with Gasteiger partial charge in [-0.3, -0.25) is 4.90 Å². The number of hydrogen-bond donors (Lipinski definition) is 2. The maximum absolute atomic E-state index is 12.1. The summed E-state index contributed by atoms with van der Waals surface area (Å²) in [6.07, 6.45) is -0.312. The lowest BCUT2D eigenvalue weighted by molar-refractivity contribution is 0.0138. The molecule has 0 aromatic heterocycles. The van der Waals surface area contributed by atoms with Crippen LogP contribution in [-0.4, -0.2) is 65.4 Å². The lowest BCUT2D eigenvalue weighted by atomic mass is 10.1. The van der Waals surface area contributed by atoms with Gasteiger partial charge < -0.3 is 25.2 Å². The molecule has 0 aliphatic carbocycles. The van der Waals surface area contributed by atoms with E-state index in [1.165, 1.54) is 6.07 Å². The van der Waals surface area contributed by atoms with Gasteiger partial charge in [-0.2, -0.15) is 0 Å². The summed E-state index contributed by atoms with van der Waals surface area (Å²) in [5.74, 6) is -0.551. The highest BCUT2D eigenvalue weighted by Crippen LogP contribution is 2.27. The zero-order chi connectivity index (χ0) is 20.2.